The van der Waals surface area contributed by atoms with Crippen LogP contribution in [0.3, 0.4) is 0 Å². The van der Waals surface area contributed by atoms with Crippen LogP contribution in [-0.4, -0.2) is 10.7 Å². The van der Waals surface area contributed by atoms with Gasteiger partial charge in [-0.15, -0.1) is 0 Å². The van der Waals surface area contributed by atoms with Crippen molar-refractivity contribution >= 4 is 17.2 Å². The van der Waals surface area contributed by atoms with Crippen molar-refractivity contribution in [3.8, 4) is 0 Å². The van der Waals surface area contributed by atoms with E-state index in [-0.39, 0.29) is 23.4 Å². The molecule has 0 heterocycles. The van der Waals surface area contributed by atoms with E-state index >= 15 is 0 Å². The summed E-state index contributed by atoms with van der Waals surface area (Å²) in [5.41, 5.74) is 3.10. The Kier molecular flexibility index (Phi) is 5.12. The Balaban J connectivity index is 1.91. The average molecular weight is 338 g/mol. The van der Waals surface area contributed by atoms with Gasteiger partial charge in [0.1, 0.15) is 5.78 Å². The van der Waals surface area contributed by atoms with Gasteiger partial charge in [-0.3, -0.25) is 14.9 Å². The minimum absolute atomic E-state index is 0.0628. The molecule has 5 heteroatoms. The molecule has 1 aliphatic rings. The number of anilines is 1. The summed E-state index contributed by atoms with van der Waals surface area (Å²) in [5.74, 6) is 0.172. The normalized spacial score (nSPS) is 18.6. The Hall–Kier alpha value is -2.69. The molecule has 25 heavy (non-hydrogen) atoms. The number of carbonyl (C=O) groups excluding carboxylic acids is 1. The number of hydrogen-bond donors (Lipinski definition) is 1. The highest BCUT2D eigenvalue weighted by molar-refractivity contribution is 5.83. The highest BCUT2D eigenvalue weighted by Crippen LogP contribution is 2.35. The van der Waals surface area contributed by atoms with E-state index in [1.165, 1.54) is 17.7 Å². The minimum Gasteiger partial charge on any atom is -0.378 e. The summed E-state index contributed by atoms with van der Waals surface area (Å²) in [6, 6.07) is 14.4. The fraction of sp³-hybridized carbons (Fsp3) is 0.350. The lowest BCUT2D eigenvalue weighted by molar-refractivity contribution is -0.384. The first-order valence-electron chi connectivity index (χ1n) is 8.65. The standard InChI is InChI=1S/C20H22N2O3/c1-14-6-10-16(11-7-14)21-20(18-4-2-3-5-19(18)23)15-8-12-17(13-9-15)22(24)25/h6-13,18,20-21H,2-5H2,1H3. The molecule has 1 saturated carbocycles. The summed E-state index contributed by atoms with van der Waals surface area (Å²) in [5, 5.41) is 14.4. The molecule has 0 bridgehead atoms. The molecule has 2 unspecified atom stereocenters. The summed E-state index contributed by atoms with van der Waals surface area (Å²) >= 11 is 0. The topological polar surface area (TPSA) is 72.2 Å². The monoisotopic (exact) mass is 338 g/mol. The van der Waals surface area contributed by atoms with Crippen molar-refractivity contribution in [3.05, 3.63) is 69.8 Å². The summed E-state index contributed by atoms with van der Waals surface area (Å²) in [4.78, 5) is 23.0. The van der Waals surface area contributed by atoms with Crippen LogP contribution in [0.2, 0.25) is 0 Å². The smallest absolute Gasteiger partial charge is 0.269 e. The van der Waals surface area contributed by atoms with Crippen LogP contribution < -0.4 is 5.32 Å². The zero-order valence-corrected chi connectivity index (χ0v) is 14.3. The molecule has 0 aliphatic heterocycles. The number of nitrogens with one attached hydrogen (secondary N) is 1. The van der Waals surface area contributed by atoms with Gasteiger partial charge < -0.3 is 5.32 Å². The van der Waals surface area contributed by atoms with Crippen molar-refractivity contribution in [1.29, 1.82) is 0 Å². The molecule has 1 aliphatic carbocycles. The number of benzene rings is 2. The van der Waals surface area contributed by atoms with E-state index < -0.39 is 4.92 Å². The lowest BCUT2D eigenvalue weighted by Gasteiger charge is -2.31. The number of hydrogen-bond acceptors (Lipinski definition) is 4. The third-order valence-corrected chi connectivity index (χ3v) is 4.84. The van der Waals surface area contributed by atoms with Crippen molar-refractivity contribution in [2.75, 3.05) is 5.32 Å². The molecule has 0 radical (unpaired) electrons. The molecule has 130 valence electrons. The first-order valence-corrected chi connectivity index (χ1v) is 8.65. The zero-order valence-electron chi connectivity index (χ0n) is 14.3. The van der Waals surface area contributed by atoms with E-state index in [2.05, 4.69) is 5.32 Å². The van der Waals surface area contributed by atoms with Crippen molar-refractivity contribution in [2.24, 2.45) is 5.92 Å². The van der Waals surface area contributed by atoms with Crippen LogP contribution in [0.25, 0.3) is 0 Å². The molecule has 5 nitrogen and oxygen atoms in total. The van der Waals surface area contributed by atoms with E-state index in [4.69, 9.17) is 0 Å². The van der Waals surface area contributed by atoms with Gasteiger partial charge in [-0.2, -0.15) is 0 Å². The number of non-ortho nitro benzene ring substituents is 1. The van der Waals surface area contributed by atoms with Crippen LogP contribution in [0.4, 0.5) is 11.4 Å². The summed E-state index contributed by atoms with van der Waals surface area (Å²) in [6.07, 6.45) is 3.45. The molecule has 3 rings (SSSR count). The Bertz CT molecular complexity index is 754. The predicted molar refractivity (Wildman–Crippen MR) is 97.6 cm³/mol. The van der Waals surface area contributed by atoms with E-state index in [0.29, 0.717) is 6.42 Å². The van der Waals surface area contributed by atoms with E-state index in [1.807, 2.05) is 31.2 Å². The Morgan fingerprint density at radius 1 is 1.08 bits per heavy atom. The number of nitrogens with zero attached hydrogens (tertiary/aromatic N) is 1. The molecule has 1 fully saturated rings. The molecule has 2 aromatic carbocycles. The maximum absolute atomic E-state index is 12.5. The Morgan fingerprint density at radius 3 is 2.36 bits per heavy atom. The fourth-order valence-corrected chi connectivity index (χ4v) is 3.41. The lowest BCUT2D eigenvalue weighted by Crippen LogP contribution is -2.30. The fourth-order valence-electron chi connectivity index (χ4n) is 3.41. The van der Waals surface area contributed by atoms with Gasteiger partial charge in [0.2, 0.25) is 0 Å². The number of nitro benzene ring substituents is 1. The number of carbonyl (C=O) groups is 1. The van der Waals surface area contributed by atoms with Crippen LogP contribution >= 0.6 is 0 Å². The molecular weight excluding hydrogens is 316 g/mol. The second-order valence-corrected chi connectivity index (χ2v) is 6.66. The first kappa shape index (κ1) is 17.1. The van der Waals surface area contributed by atoms with Gasteiger partial charge in [0.15, 0.2) is 0 Å². The van der Waals surface area contributed by atoms with Gasteiger partial charge in [0.25, 0.3) is 5.69 Å². The maximum Gasteiger partial charge on any atom is 0.269 e. The van der Waals surface area contributed by atoms with Gasteiger partial charge in [-0.05, 0) is 37.5 Å². The highest BCUT2D eigenvalue weighted by Gasteiger charge is 2.31. The third kappa shape index (κ3) is 4.05. The highest BCUT2D eigenvalue weighted by atomic mass is 16.6. The number of aryl methyl sites for hydroxylation is 1. The maximum atomic E-state index is 12.5. The Morgan fingerprint density at radius 2 is 1.76 bits per heavy atom. The second-order valence-electron chi connectivity index (χ2n) is 6.66. The molecule has 0 amide bonds. The van der Waals surface area contributed by atoms with Crippen molar-refractivity contribution in [3.63, 3.8) is 0 Å². The first-order chi connectivity index (χ1) is 12.0. The van der Waals surface area contributed by atoms with Crippen molar-refractivity contribution in [1.82, 2.24) is 0 Å². The van der Waals surface area contributed by atoms with Crippen LogP contribution in [0.5, 0.6) is 0 Å². The summed E-state index contributed by atoms with van der Waals surface area (Å²) in [6.45, 7) is 2.03. The predicted octanol–water partition coefficient (Wildman–Crippen LogP) is 4.82. The largest absolute Gasteiger partial charge is 0.378 e. The molecule has 0 saturated heterocycles. The molecule has 1 N–H and O–H groups in total. The van der Waals surface area contributed by atoms with Gasteiger partial charge in [-0.25, -0.2) is 0 Å². The van der Waals surface area contributed by atoms with E-state index in [9.17, 15) is 14.9 Å². The molecule has 0 spiro atoms. The number of ketones is 1. The average Bonchev–Trinajstić information content (AvgIpc) is 2.62. The second kappa shape index (κ2) is 7.47. The SMILES string of the molecule is Cc1ccc(NC(c2ccc([N+](=O)[O-])cc2)C2CCCCC2=O)cc1. The third-order valence-electron chi connectivity index (χ3n) is 4.84. The molecule has 0 aromatic heterocycles. The van der Waals surface area contributed by atoms with Crippen molar-refractivity contribution < 1.29 is 9.72 Å². The lowest BCUT2D eigenvalue weighted by atomic mass is 9.80. The summed E-state index contributed by atoms with van der Waals surface area (Å²) < 4.78 is 0. The molecular formula is C20H22N2O3. The minimum atomic E-state index is -0.405. The molecule has 2 atom stereocenters. The van der Waals surface area contributed by atoms with Gasteiger partial charge >= 0.3 is 0 Å². The van der Waals surface area contributed by atoms with Gasteiger partial charge in [0, 0.05) is 30.2 Å². The van der Waals surface area contributed by atoms with Crippen LogP contribution in [0, 0.1) is 23.0 Å². The van der Waals surface area contributed by atoms with Crippen LogP contribution in [-0.2, 0) is 4.79 Å². The Labute approximate surface area is 147 Å². The quantitative estimate of drug-likeness (QED) is 0.627. The number of nitro groups is 1. The van der Waals surface area contributed by atoms with Crippen LogP contribution in [0.15, 0.2) is 48.5 Å². The van der Waals surface area contributed by atoms with Gasteiger partial charge in [0.05, 0.1) is 11.0 Å². The summed E-state index contributed by atoms with van der Waals surface area (Å²) in [7, 11) is 0. The van der Waals surface area contributed by atoms with Crippen LogP contribution in [0.1, 0.15) is 42.9 Å². The van der Waals surface area contributed by atoms with Crippen molar-refractivity contribution in [2.45, 2.75) is 38.6 Å². The van der Waals surface area contributed by atoms with E-state index in [0.717, 1.165) is 30.5 Å². The van der Waals surface area contributed by atoms with E-state index in [1.54, 1.807) is 12.1 Å². The van der Waals surface area contributed by atoms with Gasteiger partial charge in [-0.1, -0.05) is 36.2 Å². The number of Topliss-reactive ketones (excluding diaryl/α,β-unsaturated/α-hetero) is 1. The zero-order chi connectivity index (χ0) is 17.8. The number of rotatable bonds is 5. The molecule has 2 aromatic rings.